The molecule has 0 fully saturated rings. The minimum absolute atomic E-state index is 0.385. The molecule has 51 valence electrons. The first-order valence-corrected chi connectivity index (χ1v) is 2.98. The van der Waals surface area contributed by atoms with Crippen LogP contribution in [-0.2, 0) is 0 Å². The highest BCUT2D eigenvalue weighted by Crippen LogP contribution is 2.10. The molecular weight excluding hydrogens is 110 g/mol. The van der Waals surface area contributed by atoms with Crippen molar-refractivity contribution in [3.63, 3.8) is 0 Å². The average molecular weight is 124 g/mol. The molecule has 0 aliphatic heterocycles. The minimum atomic E-state index is -0.385. The van der Waals surface area contributed by atoms with Gasteiger partial charge in [0.25, 0.3) is 0 Å². The van der Waals surface area contributed by atoms with Crippen LogP contribution in [0.2, 0.25) is 0 Å². The molecule has 0 amide bonds. The summed E-state index contributed by atoms with van der Waals surface area (Å²) in [6.07, 6.45) is 5.02. The zero-order chi connectivity index (χ0) is 7.33. The Morgan fingerprint density at radius 3 is 1.78 bits per heavy atom. The summed E-state index contributed by atoms with van der Waals surface area (Å²) < 4.78 is 0. The van der Waals surface area contributed by atoms with Crippen molar-refractivity contribution >= 4 is 0 Å². The zero-order valence-corrected chi connectivity index (χ0v) is 5.77. The third kappa shape index (κ3) is 3.98. The van der Waals surface area contributed by atoms with Crippen molar-refractivity contribution in [1.29, 1.82) is 0 Å². The molecule has 0 aliphatic rings. The Bertz CT molecular complexity index is 91.1. The maximum absolute atomic E-state index is 5.68. The predicted molar refractivity (Wildman–Crippen MR) is 41.9 cm³/mol. The maximum Gasteiger partial charge on any atom is 0.0224 e. The average Bonchev–Trinajstić information content (AvgIpc) is 1.64. The summed E-state index contributed by atoms with van der Waals surface area (Å²) in [6, 6.07) is 0. The Balaban J connectivity index is 3.68. The SMILES string of the molecule is [CH2]C(N)(CC=C)CC=C. The molecule has 0 aromatic carbocycles. The van der Waals surface area contributed by atoms with Crippen molar-refractivity contribution in [1.82, 2.24) is 0 Å². The van der Waals surface area contributed by atoms with Crippen LogP contribution in [0.15, 0.2) is 25.3 Å². The van der Waals surface area contributed by atoms with Gasteiger partial charge in [0, 0.05) is 5.54 Å². The van der Waals surface area contributed by atoms with E-state index >= 15 is 0 Å². The highest BCUT2D eigenvalue weighted by molar-refractivity contribution is 4.97. The molecule has 0 unspecified atom stereocenters. The summed E-state index contributed by atoms with van der Waals surface area (Å²) in [5.74, 6) is 0. The number of nitrogens with two attached hydrogens (primary N) is 1. The van der Waals surface area contributed by atoms with Crippen LogP contribution in [0.5, 0.6) is 0 Å². The van der Waals surface area contributed by atoms with Crippen LogP contribution in [-0.4, -0.2) is 5.54 Å². The predicted octanol–water partition coefficient (Wildman–Crippen LogP) is 1.67. The molecule has 0 atom stereocenters. The zero-order valence-electron chi connectivity index (χ0n) is 5.77. The molecule has 0 aliphatic carbocycles. The Morgan fingerprint density at radius 2 is 1.56 bits per heavy atom. The summed E-state index contributed by atoms with van der Waals surface area (Å²) in [7, 11) is 0. The van der Waals surface area contributed by atoms with Gasteiger partial charge >= 0.3 is 0 Å². The van der Waals surface area contributed by atoms with Crippen LogP contribution < -0.4 is 5.73 Å². The molecule has 0 bridgehead atoms. The van der Waals surface area contributed by atoms with Gasteiger partial charge in [0.05, 0.1) is 0 Å². The van der Waals surface area contributed by atoms with E-state index in [4.69, 9.17) is 5.73 Å². The summed E-state index contributed by atoms with van der Waals surface area (Å²) in [5, 5.41) is 0. The minimum Gasteiger partial charge on any atom is -0.325 e. The third-order valence-corrected chi connectivity index (χ3v) is 1.10. The lowest BCUT2D eigenvalue weighted by Gasteiger charge is -2.19. The van der Waals surface area contributed by atoms with E-state index in [0.29, 0.717) is 0 Å². The first-order chi connectivity index (χ1) is 4.12. The van der Waals surface area contributed by atoms with Gasteiger partial charge in [-0.25, -0.2) is 0 Å². The fraction of sp³-hybridized carbons (Fsp3) is 0.375. The number of hydrogen-bond donors (Lipinski definition) is 1. The van der Waals surface area contributed by atoms with Crippen LogP contribution in [0.3, 0.4) is 0 Å². The van der Waals surface area contributed by atoms with Crippen LogP contribution in [0.1, 0.15) is 12.8 Å². The second kappa shape index (κ2) is 3.46. The summed E-state index contributed by atoms with van der Waals surface area (Å²) in [5.41, 5.74) is 5.30. The van der Waals surface area contributed by atoms with Crippen molar-refractivity contribution < 1.29 is 0 Å². The lowest BCUT2D eigenvalue weighted by molar-refractivity contribution is 0.539. The van der Waals surface area contributed by atoms with E-state index < -0.39 is 0 Å². The highest BCUT2D eigenvalue weighted by Gasteiger charge is 2.12. The topological polar surface area (TPSA) is 26.0 Å². The van der Waals surface area contributed by atoms with Crippen LogP contribution in [0.4, 0.5) is 0 Å². The smallest absolute Gasteiger partial charge is 0.0224 e. The van der Waals surface area contributed by atoms with Gasteiger partial charge in [-0.3, -0.25) is 0 Å². The standard InChI is InChI=1S/C8H14N/c1-4-6-8(3,9)7-5-2/h4-5H,1-3,6-7,9H2. The van der Waals surface area contributed by atoms with Crippen molar-refractivity contribution in [2.24, 2.45) is 5.73 Å². The summed E-state index contributed by atoms with van der Waals surface area (Å²) >= 11 is 0. The monoisotopic (exact) mass is 124 g/mol. The van der Waals surface area contributed by atoms with Crippen LogP contribution in [0.25, 0.3) is 0 Å². The first-order valence-electron chi connectivity index (χ1n) is 2.98. The van der Waals surface area contributed by atoms with Gasteiger partial charge in [-0.2, -0.15) is 0 Å². The summed E-state index contributed by atoms with van der Waals surface area (Å²) in [4.78, 5) is 0. The van der Waals surface area contributed by atoms with E-state index in [2.05, 4.69) is 20.1 Å². The number of hydrogen-bond acceptors (Lipinski definition) is 1. The fourth-order valence-corrected chi connectivity index (χ4v) is 0.658. The van der Waals surface area contributed by atoms with Gasteiger partial charge in [0.15, 0.2) is 0 Å². The molecule has 0 aromatic heterocycles. The number of rotatable bonds is 4. The molecule has 0 saturated heterocycles. The van der Waals surface area contributed by atoms with Crippen molar-refractivity contribution in [3.05, 3.63) is 32.2 Å². The lowest BCUT2D eigenvalue weighted by Crippen LogP contribution is -2.34. The molecular formula is C8H14N. The fourth-order valence-electron chi connectivity index (χ4n) is 0.658. The van der Waals surface area contributed by atoms with E-state index in [1.165, 1.54) is 0 Å². The maximum atomic E-state index is 5.68. The molecule has 9 heavy (non-hydrogen) atoms. The Labute approximate surface area is 57.3 Å². The van der Waals surface area contributed by atoms with Crippen molar-refractivity contribution in [3.8, 4) is 0 Å². The molecule has 2 N–H and O–H groups in total. The van der Waals surface area contributed by atoms with E-state index in [1.807, 2.05) is 0 Å². The quantitative estimate of drug-likeness (QED) is 0.567. The van der Waals surface area contributed by atoms with E-state index in [1.54, 1.807) is 12.2 Å². The Hall–Kier alpha value is -0.560. The van der Waals surface area contributed by atoms with Gasteiger partial charge in [0.2, 0.25) is 0 Å². The van der Waals surface area contributed by atoms with E-state index in [9.17, 15) is 0 Å². The second-order valence-corrected chi connectivity index (χ2v) is 2.35. The second-order valence-electron chi connectivity index (χ2n) is 2.35. The summed E-state index contributed by atoms with van der Waals surface area (Å²) in [6.45, 7) is 10.9. The lowest BCUT2D eigenvalue weighted by atomic mass is 9.95. The van der Waals surface area contributed by atoms with Crippen molar-refractivity contribution in [2.75, 3.05) is 0 Å². The molecule has 1 radical (unpaired) electrons. The van der Waals surface area contributed by atoms with E-state index in [0.717, 1.165) is 12.8 Å². The Kier molecular flexibility index (Phi) is 3.25. The highest BCUT2D eigenvalue weighted by atomic mass is 14.7. The van der Waals surface area contributed by atoms with Gasteiger partial charge in [0.1, 0.15) is 0 Å². The van der Waals surface area contributed by atoms with Crippen LogP contribution in [0, 0.1) is 6.92 Å². The van der Waals surface area contributed by atoms with Gasteiger partial charge < -0.3 is 5.73 Å². The molecule has 0 spiro atoms. The Morgan fingerprint density at radius 1 is 1.22 bits per heavy atom. The van der Waals surface area contributed by atoms with E-state index in [-0.39, 0.29) is 5.54 Å². The van der Waals surface area contributed by atoms with Crippen LogP contribution >= 0.6 is 0 Å². The molecule has 0 heterocycles. The first kappa shape index (κ1) is 8.44. The molecule has 0 rings (SSSR count). The molecule has 0 saturated carbocycles. The van der Waals surface area contributed by atoms with Gasteiger partial charge in [-0.15, -0.1) is 13.2 Å². The normalized spacial score (nSPS) is 10.9. The molecule has 1 heteroatoms. The molecule has 1 nitrogen and oxygen atoms in total. The van der Waals surface area contributed by atoms with Gasteiger partial charge in [-0.1, -0.05) is 12.2 Å². The molecule has 0 aromatic rings. The largest absolute Gasteiger partial charge is 0.325 e. The third-order valence-electron chi connectivity index (χ3n) is 1.10. The van der Waals surface area contributed by atoms with Crippen molar-refractivity contribution in [2.45, 2.75) is 18.4 Å². The van der Waals surface area contributed by atoms with Gasteiger partial charge in [-0.05, 0) is 19.8 Å².